The van der Waals surface area contributed by atoms with Gasteiger partial charge in [-0.25, -0.2) is 0 Å². The molecule has 1 saturated heterocycles. The molecular weight excluding hydrogens is 198 g/mol. The quantitative estimate of drug-likeness (QED) is 0.751. The zero-order chi connectivity index (χ0) is 11.0. The van der Waals surface area contributed by atoms with Gasteiger partial charge in [0.25, 0.3) is 0 Å². The van der Waals surface area contributed by atoms with E-state index in [2.05, 4.69) is 34.5 Å². The number of hydrogen-bond donors (Lipinski definition) is 2. The van der Waals surface area contributed by atoms with Crippen LogP contribution in [0.1, 0.15) is 30.0 Å². The highest BCUT2D eigenvalue weighted by atomic mass is 15.1. The summed E-state index contributed by atoms with van der Waals surface area (Å²) in [5.41, 5.74) is 2.98. The molecule has 3 heterocycles. The first-order valence-electron chi connectivity index (χ1n) is 6.40. The van der Waals surface area contributed by atoms with E-state index in [0.29, 0.717) is 5.92 Å². The van der Waals surface area contributed by atoms with E-state index in [1.165, 1.54) is 37.2 Å². The molecule has 0 aliphatic carbocycles. The van der Waals surface area contributed by atoms with E-state index in [0.717, 1.165) is 19.0 Å². The van der Waals surface area contributed by atoms with Gasteiger partial charge in [-0.1, -0.05) is 0 Å². The number of nitrogens with one attached hydrogen (secondary N) is 2. The van der Waals surface area contributed by atoms with Crippen LogP contribution in [0.25, 0.3) is 0 Å². The molecule has 2 aliphatic rings. The van der Waals surface area contributed by atoms with E-state index < -0.39 is 0 Å². The van der Waals surface area contributed by atoms with Crippen molar-refractivity contribution in [1.29, 1.82) is 0 Å². The van der Waals surface area contributed by atoms with Crippen LogP contribution in [-0.2, 0) is 6.54 Å². The van der Waals surface area contributed by atoms with Crippen LogP contribution in [-0.4, -0.2) is 36.6 Å². The SMILES string of the molecule is CN1CCCC(C2CNCc3cc[nH]c32)C1. The first-order chi connectivity index (χ1) is 7.84. The van der Waals surface area contributed by atoms with Gasteiger partial charge in [0.05, 0.1) is 0 Å². The topological polar surface area (TPSA) is 31.1 Å². The maximum atomic E-state index is 3.55. The molecule has 2 N–H and O–H groups in total. The first kappa shape index (κ1) is 10.4. The summed E-state index contributed by atoms with van der Waals surface area (Å²) in [6, 6.07) is 2.22. The molecule has 88 valence electrons. The summed E-state index contributed by atoms with van der Waals surface area (Å²) in [6.07, 6.45) is 4.83. The van der Waals surface area contributed by atoms with Gasteiger partial charge in [-0.05, 0) is 44.0 Å². The third-order valence-electron chi connectivity index (χ3n) is 4.15. The number of hydrogen-bond acceptors (Lipinski definition) is 2. The van der Waals surface area contributed by atoms with Crippen molar-refractivity contribution < 1.29 is 0 Å². The van der Waals surface area contributed by atoms with Crippen molar-refractivity contribution in [3.8, 4) is 0 Å². The summed E-state index contributed by atoms with van der Waals surface area (Å²) in [5.74, 6) is 1.52. The minimum absolute atomic E-state index is 0.696. The van der Waals surface area contributed by atoms with Crippen molar-refractivity contribution in [2.75, 3.05) is 26.7 Å². The molecule has 1 aromatic rings. The van der Waals surface area contributed by atoms with Gasteiger partial charge >= 0.3 is 0 Å². The van der Waals surface area contributed by atoms with E-state index in [-0.39, 0.29) is 0 Å². The normalized spacial score (nSPS) is 31.3. The second kappa shape index (κ2) is 4.22. The Kier molecular flexibility index (Phi) is 2.74. The molecule has 0 amide bonds. The van der Waals surface area contributed by atoms with Crippen molar-refractivity contribution >= 4 is 0 Å². The zero-order valence-electron chi connectivity index (χ0n) is 10.00. The number of aromatic nitrogens is 1. The highest BCUT2D eigenvalue weighted by Gasteiger charge is 2.30. The maximum absolute atomic E-state index is 3.55. The molecule has 0 saturated carbocycles. The average molecular weight is 219 g/mol. The molecule has 2 unspecified atom stereocenters. The maximum Gasteiger partial charge on any atom is 0.0240 e. The third-order valence-corrected chi connectivity index (χ3v) is 4.15. The fraction of sp³-hybridized carbons (Fsp3) is 0.692. The smallest absolute Gasteiger partial charge is 0.0240 e. The van der Waals surface area contributed by atoms with E-state index in [1.807, 2.05) is 0 Å². The zero-order valence-corrected chi connectivity index (χ0v) is 10.00. The van der Waals surface area contributed by atoms with E-state index in [4.69, 9.17) is 0 Å². The molecule has 0 spiro atoms. The molecule has 1 fully saturated rings. The van der Waals surface area contributed by atoms with Crippen LogP contribution in [0.4, 0.5) is 0 Å². The van der Waals surface area contributed by atoms with Gasteiger partial charge in [-0.3, -0.25) is 0 Å². The summed E-state index contributed by atoms with van der Waals surface area (Å²) in [5, 5.41) is 3.55. The lowest BCUT2D eigenvalue weighted by atomic mass is 9.81. The molecule has 0 aromatic carbocycles. The van der Waals surface area contributed by atoms with Crippen LogP contribution in [0.15, 0.2) is 12.3 Å². The Labute approximate surface area is 97.2 Å². The Balaban J connectivity index is 1.81. The molecule has 0 radical (unpaired) electrons. The van der Waals surface area contributed by atoms with Crippen molar-refractivity contribution in [2.45, 2.75) is 25.3 Å². The van der Waals surface area contributed by atoms with Crippen LogP contribution in [0.3, 0.4) is 0 Å². The number of fused-ring (bicyclic) bond motifs is 1. The van der Waals surface area contributed by atoms with Gasteiger partial charge in [-0.2, -0.15) is 0 Å². The number of likely N-dealkylation sites (tertiary alicyclic amines) is 1. The molecule has 2 aliphatic heterocycles. The summed E-state index contributed by atoms with van der Waals surface area (Å²) in [4.78, 5) is 5.94. The molecule has 3 heteroatoms. The molecule has 2 atom stereocenters. The lowest BCUT2D eigenvalue weighted by Gasteiger charge is -2.37. The van der Waals surface area contributed by atoms with E-state index in [9.17, 15) is 0 Å². The second-order valence-corrected chi connectivity index (χ2v) is 5.32. The van der Waals surface area contributed by atoms with Gasteiger partial charge in [0.2, 0.25) is 0 Å². The van der Waals surface area contributed by atoms with Crippen LogP contribution in [0, 0.1) is 5.92 Å². The molecule has 3 nitrogen and oxygen atoms in total. The fourth-order valence-corrected chi connectivity index (χ4v) is 3.32. The Bertz CT molecular complexity index is 358. The molecule has 16 heavy (non-hydrogen) atoms. The standard InChI is InChI=1S/C13H21N3/c1-16-6-2-3-11(9-16)12-8-14-7-10-4-5-15-13(10)12/h4-5,11-12,14-15H,2-3,6-9H2,1H3. The van der Waals surface area contributed by atoms with Crippen LogP contribution in [0.2, 0.25) is 0 Å². The molecule has 3 rings (SSSR count). The molecule has 1 aromatic heterocycles. The summed E-state index contributed by atoms with van der Waals surface area (Å²) in [7, 11) is 2.25. The highest BCUT2D eigenvalue weighted by Crippen LogP contribution is 2.33. The van der Waals surface area contributed by atoms with Crippen molar-refractivity contribution in [1.82, 2.24) is 15.2 Å². The Morgan fingerprint density at radius 1 is 1.44 bits per heavy atom. The highest BCUT2D eigenvalue weighted by molar-refractivity contribution is 5.27. The van der Waals surface area contributed by atoms with E-state index in [1.54, 1.807) is 0 Å². The lowest BCUT2D eigenvalue weighted by Crippen LogP contribution is -2.40. The van der Waals surface area contributed by atoms with Gasteiger partial charge in [0.1, 0.15) is 0 Å². The lowest BCUT2D eigenvalue weighted by molar-refractivity contribution is 0.180. The van der Waals surface area contributed by atoms with Crippen molar-refractivity contribution in [3.05, 3.63) is 23.5 Å². The van der Waals surface area contributed by atoms with E-state index >= 15 is 0 Å². The van der Waals surface area contributed by atoms with Gasteiger partial charge in [0.15, 0.2) is 0 Å². The minimum Gasteiger partial charge on any atom is -0.364 e. The predicted molar refractivity (Wildman–Crippen MR) is 65.5 cm³/mol. The average Bonchev–Trinajstić information content (AvgIpc) is 2.76. The predicted octanol–water partition coefficient (Wildman–Crippen LogP) is 1.54. The van der Waals surface area contributed by atoms with Crippen LogP contribution < -0.4 is 5.32 Å². The minimum atomic E-state index is 0.696. The number of rotatable bonds is 1. The number of aromatic amines is 1. The van der Waals surface area contributed by atoms with Crippen LogP contribution >= 0.6 is 0 Å². The van der Waals surface area contributed by atoms with Gasteiger partial charge in [-0.15, -0.1) is 0 Å². The number of piperidine rings is 1. The summed E-state index contributed by atoms with van der Waals surface area (Å²) < 4.78 is 0. The molecular formula is C13H21N3. The second-order valence-electron chi connectivity index (χ2n) is 5.32. The Hall–Kier alpha value is -0.800. The van der Waals surface area contributed by atoms with Crippen molar-refractivity contribution in [3.63, 3.8) is 0 Å². The summed E-state index contributed by atoms with van der Waals surface area (Å²) >= 11 is 0. The number of nitrogens with zero attached hydrogens (tertiary/aromatic N) is 1. The molecule has 0 bridgehead atoms. The third kappa shape index (κ3) is 1.78. The largest absolute Gasteiger partial charge is 0.364 e. The first-order valence-corrected chi connectivity index (χ1v) is 6.40. The van der Waals surface area contributed by atoms with Gasteiger partial charge < -0.3 is 15.2 Å². The van der Waals surface area contributed by atoms with Gasteiger partial charge in [0, 0.05) is 37.4 Å². The van der Waals surface area contributed by atoms with Crippen molar-refractivity contribution in [2.24, 2.45) is 5.92 Å². The fourth-order valence-electron chi connectivity index (χ4n) is 3.32. The van der Waals surface area contributed by atoms with Crippen LogP contribution in [0.5, 0.6) is 0 Å². The Morgan fingerprint density at radius 2 is 2.38 bits per heavy atom. The monoisotopic (exact) mass is 219 g/mol. The summed E-state index contributed by atoms with van der Waals surface area (Å²) in [6.45, 7) is 4.71. The number of H-pyrrole nitrogens is 1. The Morgan fingerprint density at radius 3 is 3.25 bits per heavy atom.